The van der Waals surface area contributed by atoms with Gasteiger partial charge in [-0.25, -0.2) is 0 Å². The number of aryl methyl sites for hydroxylation is 2. The van der Waals surface area contributed by atoms with E-state index in [0.29, 0.717) is 0 Å². The van der Waals surface area contributed by atoms with Gasteiger partial charge in [-0.2, -0.15) is 0 Å². The molecule has 2 aliphatic heterocycles. The number of hydrogen-bond acceptors (Lipinski definition) is 2. The Morgan fingerprint density at radius 3 is 1.66 bits per heavy atom. The third kappa shape index (κ3) is 5.23. The lowest BCUT2D eigenvalue weighted by molar-refractivity contribution is 0.660. The van der Waals surface area contributed by atoms with E-state index < -0.39 is 8.07 Å². The van der Waals surface area contributed by atoms with Gasteiger partial charge in [0.05, 0.1) is 5.69 Å². The molecule has 0 atom stereocenters. The normalized spacial score (nSPS) is 15.6. The summed E-state index contributed by atoms with van der Waals surface area (Å²) in [5, 5.41) is 5.49. The van der Waals surface area contributed by atoms with Gasteiger partial charge in [0.2, 0.25) is 0 Å². The van der Waals surface area contributed by atoms with E-state index in [2.05, 4.69) is 219 Å². The van der Waals surface area contributed by atoms with Gasteiger partial charge in [-0.1, -0.05) is 166 Å². The van der Waals surface area contributed by atoms with Gasteiger partial charge in [-0.15, -0.1) is 0 Å². The number of benzene rings is 8. The van der Waals surface area contributed by atoms with Crippen LogP contribution in [-0.2, 0) is 18.3 Å². The molecule has 3 heteroatoms. The number of para-hydroxylation sites is 4. The van der Waals surface area contributed by atoms with Crippen LogP contribution in [0.5, 0.6) is 0 Å². The molecule has 1 aliphatic carbocycles. The van der Waals surface area contributed by atoms with Crippen molar-refractivity contribution in [3.05, 3.63) is 203 Å². The maximum atomic E-state index is 2.51. The fraction of sp³-hybridized carbons (Fsp3) is 0.127. The SMILES string of the molecule is CC1(C)c2cc(/C=C/c3ccc(N4c5ccccc5CCc5ccccc54)c4ccccc34)ccc2-c2ccc(N3c4ccccc4[Si](C)(C)c4ccccc43)cc21. The van der Waals surface area contributed by atoms with Gasteiger partial charge in [0.1, 0.15) is 8.07 Å². The van der Waals surface area contributed by atoms with Crippen molar-refractivity contribution in [3.63, 3.8) is 0 Å². The summed E-state index contributed by atoms with van der Waals surface area (Å²) in [6.07, 6.45) is 6.68. The molecule has 0 aromatic heterocycles. The highest BCUT2D eigenvalue weighted by atomic mass is 28.3. The summed E-state index contributed by atoms with van der Waals surface area (Å²) in [5.74, 6) is 0. The Labute approximate surface area is 343 Å². The molecular weight excluding hydrogens is 717 g/mol. The third-order valence-electron chi connectivity index (χ3n) is 13.3. The van der Waals surface area contributed by atoms with Crippen molar-refractivity contribution in [2.45, 2.75) is 45.2 Å². The van der Waals surface area contributed by atoms with Crippen LogP contribution in [0, 0.1) is 0 Å². The lowest BCUT2D eigenvalue weighted by Gasteiger charge is -2.41. The van der Waals surface area contributed by atoms with Crippen LogP contribution in [0.15, 0.2) is 170 Å². The summed E-state index contributed by atoms with van der Waals surface area (Å²) in [6, 6.07) is 63.7. The predicted molar refractivity (Wildman–Crippen MR) is 250 cm³/mol. The number of anilines is 6. The van der Waals surface area contributed by atoms with Gasteiger partial charge < -0.3 is 9.80 Å². The van der Waals surface area contributed by atoms with E-state index in [1.54, 1.807) is 0 Å². The van der Waals surface area contributed by atoms with Crippen molar-refractivity contribution in [2.24, 2.45) is 0 Å². The van der Waals surface area contributed by atoms with Crippen LogP contribution in [0.2, 0.25) is 13.1 Å². The van der Waals surface area contributed by atoms with Crippen molar-refractivity contribution in [3.8, 4) is 11.1 Å². The maximum Gasteiger partial charge on any atom is 0.117 e. The first-order valence-electron chi connectivity index (χ1n) is 20.7. The topological polar surface area (TPSA) is 6.48 Å². The van der Waals surface area contributed by atoms with Crippen molar-refractivity contribution in [1.29, 1.82) is 0 Å². The molecule has 0 fully saturated rings. The Bertz CT molecular complexity index is 2890. The second-order valence-electron chi connectivity index (χ2n) is 17.3. The molecular formula is C55H46N2Si. The molecule has 280 valence electrons. The number of nitrogens with zero attached hydrogens (tertiary/aromatic N) is 2. The lowest BCUT2D eigenvalue weighted by atomic mass is 9.81. The molecule has 0 radical (unpaired) electrons. The zero-order chi connectivity index (χ0) is 39.2. The van der Waals surface area contributed by atoms with E-state index >= 15 is 0 Å². The highest BCUT2D eigenvalue weighted by molar-refractivity contribution is 7.02. The summed E-state index contributed by atoms with van der Waals surface area (Å²) in [7, 11) is -1.85. The summed E-state index contributed by atoms with van der Waals surface area (Å²) in [6.45, 7) is 9.77. The highest BCUT2D eigenvalue weighted by Gasteiger charge is 2.40. The summed E-state index contributed by atoms with van der Waals surface area (Å²) < 4.78 is 0. The van der Waals surface area contributed by atoms with Crippen molar-refractivity contribution in [1.82, 2.24) is 0 Å². The van der Waals surface area contributed by atoms with E-state index in [4.69, 9.17) is 0 Å². The van der Waals surface area contributed by atoms with E-state index in [-0.39, 0.29) is 5.41 Å². The molecule has 2 heterocycles. The van der Waals surface area contributed by atoms with Crippen molar-refractivity contribution < 1.29 is 0 Å². The van der Waals surface area contributed by atoms with Gasteiger partial charge in [0.25, 0.3) is 0 Å². The fourth-order valence-corrected chi connectivity index (χ4v) is 13.3. The maximum absolute atomic E-state index is 2.51. The molecule has 58 heavy (non-hydrogen) atoms. The zero-order valence-corrected chi connectivity index (χ0v) is 34.6. The van der Waals surface area contributed by atoms with Crippen molar-refractivity contribution in [2.75, 3.05) is 9.80 Å². The first kappa shape index (κ1) is 34.8. The van der Waals surface area contributed by atoms with Gasteiger partial charge >= 0.3 is 0 Å². The molecule has 3 aliphatic rings. The largest absolute Gasteiger partial charge is 0.311 e. The highest BCUT2D eigenvalue weighted by Crippen LogP contribution is 2.52. The second-order valence-corrected chi connectivity index (χ2v) is 21.6. The smallest absolute Gasteiger partial charge is 0.117 e. The van der Waals surface area contributed by atoms with Crippen LogP contribution < -0.4 is 20.2 Å². The average molecular weight is 763 g/mol. The minimum absolute atomic E-state index is 0.151. The molecule has 0 saturated heterocycles. The van der Waals surface area contributed by atoms with E-state index in [1.165, 1.54) is 99.8 Å². The second kappa shape index (κ2) is 13.1. The van der Waals surface area contributed by atoms with Crippen LogP contribution in [-0.4, -0.2) is 8.07 Å². The Kier molecular flexibility index (Phi) is 7.83. The number of hydrogen-bond donors (Lipinski definition) is 0. The average Bonchev–Trinajstić information content (AvgIpc) is 3.36. The molecule has 0 bridgehead atoms. The molecule has 2 nitrogen and oxygen atoms in total. The summed E-state index contributed by atoms with van der Waals surface area (Å²) in [4.78, 5) is 5.00. The first-order chi connectivity index (χ1) is 28.3. The number of fused-ring (bicyclic) bond motifs is 8. The Morgan fingerprint density at radius 1 is 0.466 bits per heavy atom. The van der Waals surface area contributed by atoms with Crippen LogP contribution >= 0.6 is 0 Å². The van der Waals surface area contributed by atoms with Crippen LogP contribution in [0.25, 0.3) is 34.1 Å². The van der Waals surface area contributed by atoms with Crippen molar-refractivity contribution >= 4 is 75.5 Å². The minimum atomic E-state index is -1.85. The van der Waals surface area contributed by atoms with Gasteiger partial charge in [-0.05, 0) is 116 Å². The van der Waals surface area contributed by atoms with Crippen LogP contribution in [0.3, 0.4) is 0 Å². The minimum Gasteiger partial charge on any atom is -0.311 e. The molecule has 0 N–H and O–H groups in total. The van der Waals surface area contributed by atoms with E-state index in [9.17, 15) is 0 Å². The lowest BCUT2D eigenvalue weighted by Crippen LogP contribution is -2.58. The fourth-order valence-electron chi connectivity index (χ4n) is 10.3. The third-order valence-corrected chi connectivity index (χ3v) is 16.9. The Morgan fingerprint density at radius 2 is 1.00 bits per heavy atom. The number of rotatable bonds is 4. The first-order valence-corrected chi connectivity index (χ1v) is 23.7. The molecule has 11 rings (SSSR count). The molecule has 0 amide bonds. The van der Waals surface area contributed by atoms with Crippen LogP contribution in [0.1, 0.15) is 47.2 Å². The van der Waals surface area contributed by atoms with Crippen LogP contribution in [0.4, 0.5) is 34.1 Å². The summed E-state index contributed by atoms with van der Waals surface area (Å²) >= 11 is 0. The van der Waals surface area contributed by atoms with Gasteiger partial charge in [-0.3, -0.25) is 0 Å². The monoisotopic (exact) mass is 762 g/mol. The zero-order valence-electron chi connectivity index (χ0n) is 33.6. The Hall–Kier alpha value is -6.42. The molecule has 8 aromatic carbocycles. The molecule has 0 spiro atoms. The summed E-state index contributed by atoms with van der Waals surface area (Å²) in [5.41, 5.74) is 18.1. The van der Waals surface area contributed by atoms with E-state index in [0.717, 1.165) is 12.8 Å². The van der Waals surface area contributed by atoms with E-state index in [1.807, 2.05) is 0 Å². The molecule has 0 saturated carbocycles. The Balaban J connectivity index is 0.953. The van der Waals surface area contributed by atoms with Gasteiger partial charge in [0.15, 0.2) is 0 Å². The quantitative estimate of drug-likeness (QED) is 0.130. The standard InChI is InChI=1S/C55H46N2Si/c1-55(2)46-35-37(26-32-43(46)44-33-31-41(36-47(44)55)56-51-21-11-13-23-53(51)58(3,4)54-24-14-12-22-52(54)56)25-27-38-30-34-50(45-18-8-7-17-42(38)45)57-48-19-9-5-15-39(48)28-29-40-16-6-10-20-49(40)57/h5-27,30-36H,28-29H2,1-4H3/b27-25+. The predicted octanol–water partition coefficient (Wildman–Crippen LogP) is 13.5. The molecule has 8 aromatic rings. The van der Waals surface area contributed by atoms with Gasteiger partial charge in [0, 0.05) is 39.2 Å². The molecule has 0 unspecified atom stereocenters.